The predicted octanol–water partition coefficient (Wildman–Crippen LogP) is 4.86. The van der Waals surface area contributed by atoms with Crippen LogP contribution in [-0.2, 0) is 9.84 Å². The molecule has 0 rings (SSSR count). The molecule has 0 aliphatic heterocycles. The first-order valence-corrected chi connectivity index (χ1v) is 9.34. The highest BCUT2D eigenvalue weighted by atomic mass is 32.2. The summed E-state index contributed by atoms with van der Waals surface area (Å²) in [6, 6.07) is 0. The molecule has 2 nitrogen and oxygen atoms in total. The van der Waals surface area contributed by atoms with E-state index in [9.17, 15) is 8.42 Å². The fourth-order valence-electron chi connectivity index (χ4n) is 1.64. The van der Waals surface area contributed by atoms with Gasteiger partial charge in [-0.3, -0.25) is 0 Å². The van der Waals surface area contributed by atoms with E-state index < -0.39 is 9.84 Å². The normalized spacial score (nSPS) is 15.0. The molecule has 0 unspecified atom stereocenters. The van der Waals surface area contributed by atoms with E-state index in [2.05, 4.69) is 47.6 Å². The van der Waals surface area contributed by atoms with Gasteiger partial charge >= 0.3 is 0 Å². The molecule has 0 bridgehead atoms. The van der Waals surface area contributed by atoms with Crippen LogP contribution in [0.2, 0.25) is 0 Å². The van der Waals surface area contributed by atoms with Crippen molar-refractivity contribution in [2.24, 2.45) is 16.2 Å². The monoisotopic (exact) mass is 302 g/mol. The molecular formula is C17H34O2S. The van der Waals surface area contributed by atoms with Crippen molar-refractivity contribution in [1.82, 2.24) is 0 Å². The topological polar surface area (TPSA) is 34.1 Å². The summed E-state index contributed by atoms with van der Waals surface area (Å²) in [5.41, 5.74) is 0.0483. The average molecular weight is 303 g/mol. The number of rotatable bonds is 6. The highest BCUT2D eigenvalue weighted by molar-refractivity contribution is 7.91. The van der Waals surface area contributed by atoms with Gasteiger partial charge in [0.2, 0.25) is 0 Å². The van der Waals surface area contributed by atoms with Gasteiger partial charge in [-0.25, -0.2) is 8.42 Å². The van der Waals surface area contributed by atoms with Gasteiger partial charge in [-0.2, -0.15) is 0 Å². The van der Waals surface area contributed by atoms with Crippen molar-refractivity contribution in [1.29, 1.82) is 0 Å². The van der Waals surface area contributed by atoms with Gasteiger partial charge in [0.05, 0.1) is 11.5 Å². The van der Waals surface area contributed by atoms with Crippen LogP contribution in [0.5, 0.6) is 0 Å². The minimum absolute atomic E-state index is 0.0118. The van der Waals surface area contributed by atoms with Crippen LogP contribution in [0.1, 0.15) is 68.2 Å². The first-order chi connectivity index (χ1) is 8.66. The van der Waals surface area contributed by atoms with Gasteiger partial charge in [-0.1, -0.05) is 67.5 Å². The van der Waals surface area contributed by atoms with Gasteiger partial charge in [0.1, 0.15) is 0 Å². The maximum Gasteiger partial charge on any atom is 0.151 e. The second-order valence-electron chi connectivity index (χ2n) is 8.75. The van der Waals surface area contributed by atoms with E-state index in [-0.39, 0.29) is 27.8 Å². The zero-order valence-electron chi connectivity index (χ0n) is 14.7. The Bertz CT molecular complexity index is 415. The van der Waals surface area contributed by atoms with Crippen molar-refractivity contribution in [2.45, 2.75) is 68.2 Å². The van der Waals surface area contributed by atoms with Crippen LogP contribution in [0.15, 0.2) is 12.2 Å². The van der Waals surface area contributed by atoms with Gasteiger partial charge in [0, 0.05) is 0 Å². The van der Waals surface area contributed by atoms with Crippen LogP contribution in [0, 0.1) is 16.2 Å². The summed E-state index contributed by atoms with van der Waals surface area (Å²) >= 11 is 0. The molecule has 0 aliphatic carbocycles. The van der Waals surface area contributed by atoms with Crippen molar-refractivity contribution in [3.63, 3.8) is 0 Å². The molecule has 20 heavy (non-hydrogen) atoms. The minimum Gasteiger partial charge on any atom is -0.229 e. The fourth-order valence-corrected chi connectivity index (χ4v) is 3.81. The SMILES string of the molecule is CC(C)(C)C/C=C\CCS(=O)(=O)CC(C)(C)C(C)(C)C. The van der Waals surface area contributed by atoms with Gasteiger partial charge in [0.25, 0.3) is 0 Å². The summed E-state index contributed by atoms with van der Waals surface area (Å²) in [7, 11) is -2.99. The molecule has 0 aromatic heterocycles. The minimum atomic E-state index is -2.99. The Morgan fingerprint density at radius 3 is 1.75 bits per heavy atom. The second-order valence-corrected chi connectivity index (χ2v) is 10.9. The lowest BCUT2D eigenvalue weighted by atomic mass is 9.71. The molecule has 0 aromatic rings. The number of sulfone groups is 1. The Morgan fingerprint density at radius 1 is 0.850 bits per heavy atom. The highest BCUT2D eigenvalue weighted by Crippen LogP contribution is 2.39. The van der Waals surface area contributed by atoms with Crippen molar-refractivity contribution < 1.29 is 8.42 Å². The lowest BCUT2D eigenvalue weighted by Gasteiger charge is -2.38. The molecule has 0 fully saturated rings. The summed E-state index contributed by atoms with van der Waals surface area (Å²) < 4.78 is 24.4. The highest BCUT2D eigenvalue weighted by Gasteiger charge is 2.36. The second kappa shape index (κ2) is 6.64. The van der Waals surface area contributed by atoms with Gasteiger partial charge < -0.3 is 0 Å². The maximum absolute atomic E-state index is 12.2. The Balaban J connectivity index is 4.43. The first-order valence-electron chi connectivity index (χ1n) is 7.52. The smallest absolute Gasteiger partial charge is 0.151 e. The van der Waals surface area contributed by atoms with Gasteiger partial charge in [0.15, 0.2) is 9.84 Å². The van der Waals surface area contributed by atoms with E-state index in [1.165, 1.54) is 0 Å². The van der Waals surface area contributed by atoms with Crippen molar-refractivity contribution >= 4 is 9.84 Å². The van der Waals surface area contributed by atoms with E-state index in [4.69, 9.17) is 0 Å². The van der Waals surface area contributed by atoms with E-state index >= 15 is 0 Å². The Kier molecular flexibility index (Phi) is 6.53. The molecule has 0 radical (unpaired) electrons. The Hall–Kier alpha value is -0.310. The van der Waals surface area contributed by atoms with E-state index in [0.29, 0.717) is 6.42 Å². The zero-order valence-corrected chi connectivity index (χ0v) is 15.5. The summed E-state index contributed by atoms with van der Waals surface area (Å²) in [6.45, 7) is 16.9. The molecule has 0 amide bonds. The van der Waals surface area contributed by atoms with E-state index in [1.54, 1.807) is 0 Å². The fraction of sp³-hybridized carbons (Fsp3) is 0.882. The average Bonchev–Trinajstić information content (AvgIpc) is 2.10. The molecule has 0 saturated carbocycles. The third-order valence-corrected chi connectivity index (χ3v) is 6.12. The molecule has 0 spiro atoms. The van der Waals surface area contributed by atoms with Crippen LogP contribution in [0.25, 0.3) is 0 Å². The van der Waals surface area contributed by atoms with Gasteiger partial charge in [-0.15, -0.1) is 0 Å². The lowest BCUT2D eigenvalue weighted by molar-refractivity contribution is 0.160. The lowest BCUT2D eigenvalue weighted by Crippen LogP contribution is -2.37. The van der Waals surface area contributed by atoms with Crippen molar-refractivity contribution in [3.8, 4) is 0 Å². The van der Waals surface area contributed by atoms with Crippen LogP contribution in [-0.4, -0.2) is 19.9 Å². The molecule has 0 aliphatic rings. The van der Waals surface area contributed by atoms with Crippen LogP contribution in [0.3, 0.4) is 0 Å². The molecule has 0 atom stereocenters. The van der Waals surface area contributed by atoms with Crippen LogP contribution >= 0.6 is 0 Å². The van der Waals surface area contributed by atoms with Gasteiger partial charge in [-0.05, 0) is 29.1 Å². The third kappa shape index (κ3) is 8.08. The molecule has 0 heterocycles. The first kappa shape index (κ1) is 19.7. The quantitative estimate of drug-likeness (QED) is 0.657. The Labute approximate surface area is 127 Å². The summed E-state index contributed by atoms with van der Waals surface area (Å²) in [5, 5.41) is 0. The molecule has 120 valence electrons. The number of allylic oxidation sites excluding steroid dienone is 2. The summed E-state index contributed by atoms with van der Waals surface area (Å²) in [4.78, 5) is 0. The van der Waals surface area contributed by atoms with Crippen molar-refractivity contribution in [2.75, 3.05) is 11.5 Å². The Morgan fingerprint density at radius 2 is 1.35 bits per heavy atom. The molecule has 3 heteroatoms. The number of hydrogen-bond donors (Lipinski definition) is 0. The third-order valence-electron chi connectivity index (χ3n) is 4.10. The summed E-state index contributed by atoms with van der Waals surface area (Å²) in [6.07, 6.45) is 5.72. The zero-order chi connectivity index (χ0) is 16.2. The molecular weight excluding hydrogens is 268 g/mol. The predicted molar refractivity (Wildman–Crippen MR) is 89.7 cm³/mol. The molecule has 0 saturated heterocycles. The van der Waals surface area contributed by atoms with E-state index in [1.807, 2.05) is 19.9 Å². The van der Waals surface area contributed by atoms with Crippen LogP contribution < -0.4 is 0 Å². The maximum atomic E-state index is 12.2. The number of hydrogen-bond acceptors (Lipinski definition) is 2. The summed E-state index contributed by atoms with van der Waals surface area (Å²) in [5.74, 6) is 0.518. The van der Waals surface area contributed by atoms with Crippen molar-refractivity contribution in [3.05, 3.63) is 12.2 Å². The van der Waals surface area contributed by atoms with Crippen LogP contribution in [0.4, 0.5) is 0 Å². The standard InChI is InChI=1S/C17H34O2S/c1-15(2,3)12-10-9-11-13-20(18,19)14-17(7,8)16(4,5)6/h9-10H,11-14H2,1-8H3/b10-9-. The largest absolute Gasteiger partial charge is 0.229 e. The van der Waals surface area contributed by atoms with E-state index in [0.717, 1.165) is 6.42 Å². The molecule has 0 N–H and O–H groups in total. The molecule has 0 aromatic carbocycles.